The Morgan fingerprint density at radius 3 is 2.85 bits per heavy atom. The third-order valence-electron chi connectivity index (χ3n) is 4.33. The molecule has 0 bridgehead atoms. The van der Waals surface area contributed by atoms with Crippen LogP contribution in [0.1, 0.15) is 16.3 Å². The number of H-pyrrole nitrogens is 1. The summed E-state index contributed by atoms with van der Waals surface area (Å²) in [4.78, 5) is 27.3. The van der Waals surface area contributed by atoms with Crippen LogP contribution in [-0.2, 0) is 13.6 Å². The van der Waals surface area contributed by atoms with Gasteiger partial charge in [-0.05, 0) is 31.5 Å². The molecule has 0 aromatic carbocycles. The van der Waals surface area contributed by atoms with Gasteiger partial charge in [-0.15, -0.1) is 11.3 Å². The average Bonchev–Trinajstić information content (AvgIpc) is 3.13. The van der Waals surface area contributed by atoms with Crippen LogP contribution >= 0.6 is 11.3 Å². The van der Waals surface area contributed by atoms with Gasteiger partial charge in [-0.25, -0.2) is 19.9 Å². The Labute approximate surface area is 153 Å². The summed E-state index contributed by atoms with van der Waals surface area (Å²) in [6, 6.07) is 3.79. The van der Waals surface area contributed by atoms with Gasteiger partial charge in [0.1, 0.15) is 10.6 Å². The zero-order valence-electron chi connectivity index (χ0n) is 14.6. The van der Waals surface area contributed by atoms with E-state index in [1.165, 1.54) is 9.44 Å². The molecule has 0 unspecified atom stereocenters. The molecule has 0 spiro atoms. The van der Waals surface area contributed by atoms with Crippen molar-refractivity contribution in [3.05, 3.63) is 51.3 Å². The van der Waals surface area contributed by atoms with Gasteiger partial charge < -0.3 is 5.32 Å². The molecule has 132 valence electrons. The smallest absolute Gasteiger partial charge is 0.343 e. The van der Waals surface area contributed by atoms with Crippen molar-refractivity contribution >= 4 is 27.4 Å². The van der Waals surface area contributed by atoms with Crippen LogP contribution < -0.4 is 11.0 Å². The zero-order chi connectivity index (χ0) is 18.3. The van der Waals surface area contributed by atoms with Crippen molar-refractivity contribution in [2.45, 2.75) is 20.4 Å². The number of hydrogen-bond acceptors (Lipinski definition) is 7. The second kappa shape index (κ2) is 6.34. The summed E-state index contributed by atoms with van der Waals surface area (Å²) >= 11 is 1.64. The maximum atomic E-state index is 11.5. The number of fused-ring (bicyclic) bond motifs is 1. The number of rotatable bonds is 4. The molecule has 2 N–H and O–H groups in total. The van der Waals surface area contributed by atoms with Crippen LogP contribution in [0.5, 0.6) is 0 Å². The summed E-state index contributed by atoms with van der Waals surface area (Å²) in [5.74, 6) is 1.95. The molecule has 0 aliphatic carbocycles. The van der Waals surface area contributed by atoms with Gasteiger partial charge in [-0.3, -0.25) is 9.55 Å². The highest BCUT2D eigenvalue weighted by molar-refractivity contribution is 7.18. The van der Waals surface area contributed by atoms with E-state index in [-0.39, 0.29) is 5.69 Å². The van der Waals surface area contributed by atoms with Crippen molar-refractivity contribution in [1.29, 1.82) is 0 Å². The van der Waals surface area contributed by atoms with E-state index in [4.69, 9.17) is 9.97 Å². The molecule has 0 amide bonds. The van der Waals surface area contributed by atoms with Gasteiger partial charge in [-0.1, -0.05) is 0 Å². The third-order valence-corrected chi connectivity index (χ3v) is 5.44. The van der Waals surface area contributed by atoms with E-state index in [0.717, 1.165) is 27.2 Å². The van der Waals surface area contributed by atoms with Crippen molar-refractivity contribution in [2.75, 3.05) is 5.32 Å². The van der Waals surface area contributed by atoms with Gasteiger partial charge in [0.15, 0.2) is 11.6 Å². The van der Waals surface area contributed by atoms with Crippen LogP contribution in [0.4, 0.5) is 5.82 Å². The Bertz CT molecular complexity index is 1140. The molecule has 8 nitrogen and oxygen atoms in total. The van der Waals surface area contributed by atoms with E-state index in [1.54, 1.807) is 30.8 Å². The Balaban J connectivity index is 1.80. The molecule has 0 saturated carbocycles. The van der Waals surface area contributed by atoms with Crippen LogP contribution in [0.2, 0.25) is 0 Å². The van der Waals surface area contributed by atoms with E-state index in [0.29, 0.717) is 18.2 Å². The predicted molar refractivity (Wildman–Crippen MR) is 101 cm³/mol. The maximum absolute atomic E-state index is 11.5. The highest BCUT2D eigenvalue weighted by Gasteiger charge is 2.16. The topological polar surface area (TPSA) is 101 Å². The van der Waals surface area contributed by atoms with Crippen molar-refractivity contribution in [1.82, 2.24) is 29.7 Å². The molecule has 0 saturated heterocycles. The first-order valence-electron chi connectivity index (χ1n) is 8.07. The molecular formula is C17H17N7OS. The van der Waals surface area contributed by atoms with Crippen LogP contribution in [0.15, 0.2) is 29.3 Å². The fourth-order valence-electron chi connectivity index (χ4n) is 2.70. The summed E-state index contributed by atoms with van der Waals surface area (Å²) in [5.41, 5.74) is 1.77. The predicted octanol–water partition coefficient (Wildman–Crippen LogP) is 2.40. The second-order valence-corrected chi connectivity index (χ2v) is 7.16. The number of hydrogen-bond donors (Lipinski definition) is 2. The molecule has 26 heavy (non-hydrogen) atoms. The fourth-order valence-corrected chi connectivity index (χ4v) is 3.73. The molecule has 0 atom stereocenters. The van der Waals surface area contributed by atoms with E-state index in [2.05, 4.69) is 34.3 Å². The number of aryl methyl sites for hydroxylation is 2. The normalized spacial score (nSPS) is 11.2. The highest BCUT2D eigenvalue weighted by atomic mass is 32.1. The number of nitrogens with zero attached hydrogens (tertiary/aromatic N) is 5. The number of aromatic nitrogens is 6. The lowest BCUT2D eigenvalue weighted by Crippen LogP contribution is -2.16. The van der Waals surface area contributed by atoms with E-state index in [9.17, 15) is 4.79 Å². The number of thiophene rings is 1. The van der Waals surface area contributed by atoms with Crippen LogP contribution in [0.25, 0.3) is 21.6 Å². The standard InChI is InChI=1S/C17H17N7OS/c1-9-10(2)26-16-13(9)15(19-8-12-22-23-17(25)24(12)3)20-14(21-16)11-5-4-6-18-7-11/h4-7H,8H2,1-3H3,(H,23,25)(H,19,20,21). The third kappa shape index (κ3) is 2.76. The summed E-state index contributed by atoms with van der Waals surface area (Å²) in [6.45, 7) is 4.52. The van der Waals surface area contributed by atoms with Crippen molar-refractivity contribution in [2.24, 2.45) is 7.05 Å². The first-order valence-corrected chi connectivity index (χ1v) is 8.88. The van der Waals surface area contributed by atoms with Gasteiger partial charge in [-0.2, -0.15) is 5.10 Å². The summed E-state index contributed by atoms with van der Waals surface area (Å²) in [6.07, 6.45) is 3.47. The molecule has 0 aliphatic rings. The maximum Gasteiger partial charge on any atom is 0.343 e. The van der Waals surface area contributed by atoms with Gasteiger partial charge in [0, 0.05) is 29.9 Å². The molecule has 0 aliphatic heterocycles. The lowest BCUT2D eigenvalue weighted by Gasteiger charge is -2.09. The van der Waals surface area contributed by atoms with Gasteiger partial charge in [0.05, 0.1) is 11.9 Å². The minimum atomic E-state index is -0.242. The Kier molecular flexibility index (Phi) is 4.00. The number of pyridine rings is 1. The largest absolute Gasteiger partial charge is 0.362 e. The van der Waals surface area contributed by atoms with E-state index >= 15 is 0 Å². The molecule has 4 heterocycles. The van der Waals surface area contributed by atoms with Gasteiger partial charge in [0.2, 0.25) is 0 Å². The zero-order valence-corrected chi connectivity index (χ0v) is 15.4. The first kappa shape index (κ1) is 16.4. The lowest BCUT2D eigenvalue weighted by atomic mass is 10.2. The minimum absolute atomic E-state index is 0.242. The second-order valence-electron chi connectivity index (χ2n) is 5.96. The summed E-state index contributed by atoms with van der Waals surface area (Å²) < 4.78 is 1.47. The van der Waals surface area contributed by atoms with Crippen molar-refractivity contribution < 1.29 is 0 Å². The minimum Gasteiger partial charge on any atom is -0.362 e. The SMILES string of the molecule is Cc1sc2nc(-c3cccnc3)nc(NCc3n[nH]c(=O)n3C)c2c1C. The van der Waals surface area contributed by atoms with Crippen LogP contribution in [0.3, 0.4) is 0 Å². The number of aromatic amines is 1. The van der Waals surface area contributed by atoms with Crippen LogP contribution in [-0.4, -0.2) is 29.7 Å². The highest BCUT2D eigenvalue weighted by Crippen LogP contribution is 2.34. The van der Waals surface area contributed by atoms with Crippen LogP contribution in [0, 0.1) is 13.8 Å². The number of nitrogens with one attached hydrogen (secondary N) is 2. The fraction of sp³-hybridized carbons (Fsp3) is 0.235. The molecule has 4 rings (SSSR count). The van der Waals surface area contributed by atoms with Gasteiger partial charge in [0.25, 0.3) is 0 Å². The molecule has 4 aromatic rings. The Morgan fingerprint density at radius 1 is 1.31 bits per heavy atom. The van der Waals surface area contributed by atoms with Gasteiger partial charge >= 0.3 is 5.69 Å². The first-order chi connectivity index (χ1) is 12.5. The average molecular weight is 367 g/mol. The monoisotopic (exact) mass is 367 g/mol. The van der Waals surface area contributed by atoms with E-state index < -0.39 is 0 Å². The van der Waals surface area contributed by atoms with Crippen molar-refractivity contribution in [3.8, 4) is 11.4 Å². The quantitative estimate of drug-likeness (QED) is 0.574. The lowest BCUT2D eigenvalue weighted by molar-refractivity contribution is 0.789. The molecule has 4 aromatic heterocycles. The van der Waals surface area contributed by atoms with E-state index in [1.807, 2.05) is 12.1 Å². The molecular weight excluding hydrogens is 350 g/mol. The molecule has 0 radical (unpaired) electrons. The number of anilines is 1. The summed E-state index contributed by atoms with van der Waals surface area (Å²) in [7, 11) is 1.68. The molecule has 9 heteroatoms. The Morgan fingerprint density at radius 2 is 2.15 bits per heavy atom. The van der Waals surface area contributed by atoms with Crippen molar-refractivity contribution in [3.63, 3.8) is 0 Å². The summed E-state index contributed by atoms with van der Waals surface area (Å²) in [5, 5.41) is 10.8. The Hall–Kier alpha value is -3.07. The molecule has 0 fully saturated rings.